The lowest BCUT2D eigenvalue weighted by Gasteiger charge is -2.27. The molecule has 0 aliphatic carbocycles. The number of rotatable bonds is 3. The van der Waals surface area contributed by atoms with Crippen LogP contribution in [-0.4, -0.2) is 37.0 Å². The van der Waals surface area contributed by atoms with Crippen LogP contribution in [0, 0.1) is 0 Å². The zero-order valence-electron chi connectivity index (χ0n) is 8.68. The van der Waals surface area contributed by atoms with E-state index in [1.165, 1.54) is 12.8 Å². The Morgan fingerprint density at radius 1 is 1.46 bits per heavy atom. The molecule has 0 radical (unpaired) electrons. The van der Waals surface area contributed by atoms with Crippen molar-refractivity contribution in [3.05, 3.63) is 0 Å². The second-order valence-corrected chi connectivity index (χ2v) is 3.80. The fraction of sp³-hybridized carbons (Fsp3) is 0.900. The van der Waals surface area contributed by atoms with E-state index in [1.807, 2.05) is 11.9 Å². The maximum absolute atomic E-state index is 11.6. The minimum atomic E-state index is 0.334. The number of hydrogen-bond donors (Lipinski definition) is 1. The van der Waals surface area contributed by atoms with Crippen molar-refractivity contribution < 1.29 is 4.79 Å². The molecule has 3 nitrogen and oxygen atoms in total. The van der Waals surface area contributed by atoms with E-state index in [2.05, 4.69) is 12.2 Å². The predicted octanol–water partition coefficient (Wildman–Crippen LogP) is 0.997. The van der Waals surface area contributed by atoms with Gasteiger partial charge in [0.05, 0.1) is 0 Å². The Morgan fingerprint density at radius 2 is 2.23 bits per heavy atom. The lowest BCUT2D eigenvalue weighted by atomic mass is 10.2. The van der Waals surface area contributed by atoms with Crippen LogP contribution in [0.5, 0.6) is 0 Å². The lowest BCUT2D eigenvalue weighted by Crippen LogP contribution is -2.43. The molecule has 0 saturated carbocycles. The molecular weight excluding hydrogens is 164 g/mol. The summed E-state index contributed by atoms with van der Waals surface area (Å²) in [7, 11) is 1.93. The zero-order chi connectivity index (χ0) is 9.68. The van der Waals surface area contributed by atoms with Crippen molar-refractivity contribution >= 4 is 5.91 Å². The minimum Gasteiger partial charge on any atom is -0.339 e. The molecule has 0 aromatic heterocycles. The van der Waals surface area contributed by atoms with E-state index in [0.29, 0.717) is 11.9 Å². The van der Waals surface area contributed by atoms with E-state index < -0.39 is 0 Å². The van der Waals surface area contributed by atoms with Gasteiger partial charge in [0.1, 0.15) is 0 Å². The van der Waals surface area contributed by atoms with Crippen molar-refractivity contribution in [3.8, 4) is 0 Å². The number of nitrogens with zero attached hydrogens (tertiary/aromatic N) is 1. The van der Waals surface area contributed by atoms with E-state index >= 15 is 0 Å². The summed E-state index contributed by atoms with van der Waals surface area (Å²) in [4.78, 5) is 13.6. The number of carbonyl (C=O) groups excluding carboxylic acids is 1. The summed E-state index contributed by atoms with van der Waals surface area (Å²) >= 11 is 0. The molecule has 1 aliphatic rings. The minimum absolute atomic E-state index is 0.334. The average molecular weight is 184 g/mol. The molecule has 0 aromatic rings. The molecule has 0 aromatic carbocycles. The van der Waals surface area contributed by atoms with Gasteiger partial charge in [0, 0.05) is 25.6 Å². The topological polar surface area (TPSA) is 32.3 Å². The molecule has 1 rings (SSSR count). The molecule has 1 atom stereocenters. The van der Waals surface area contributed by atoms with Gasteiger partial charge in [-0.2, -0.15) is 0 Å². The third-order valence-electron chi connectivity index (χ3n) is 2.64. The Hall–Kier alpha value is -0.570. The van der Waals surface area contributed by atoms with Crippen LogP contribution in [0.3, 0.4) is 0 Å². The molecule has 1 aliphatic heterocycles. The Balaban J connectivity index is 2.48. The summed E-state index contributed by atoms with van der Waals surface area (Å²) in [5.41, 5.74) is 0. The van der Waals surface area contributed by atoms with Gasteiger partial charge >= 0.3 is 0 Å². The molecule has 1 heterocycles. The molecule has 1 saturated heterocycles. The molecular formula is C10H20N2O. The van der Waals surface area contributed by atoms with Gasteiger partial charge in [0.15, 0.2) is 0 Å². The fourth-order valence-electron chi connectivity index (χ4n) is 1.88. The number of hydrogen-bond acceptors (Lipinski definition) is 2. The SMILES string of the molecule is CNCC(C)N1CCCCCC1=O. The van der Waals surface area contributed by atoms with E-state index in [0.717, 1.165) is 25.9 Å². The van der Waals surface area contributed by atoms with Crippen molar-refractivity contribution in [2.75, 3.05) is 20.1 Å². The number of carbonyl (C=O) groups is 1. The van der Waals surface area contributed by atoms with E-state index in [4.69, 9.17) is 0 Å². The van der Waals surface area contributed by atoms with Gasteiger partial charge in [0.25, 0.3) is 0 Å². The number of likely N-dealkylation sites (tertiary alicyclic amines) is 1. The van der Waals surface area contributed by atoms with Crippen LogP contribution in [0.1, 0.15) is 32.6 Å². The van der Waals surface area contributed by atoms with Crippen LogP contribution in [0.4, 0.5) is 0 Å². The van der Waals surface area contributed by atoms with Crippen LogP contribution < -0.4 is 5.32 Å². The van der Waals surface area contributed by atoms with Gasteiger partial charge in [-0.25, -0.2) is 0 Å². The highest BCUT2D eigenvalue weighted by Crippen LogP contribution is 2.13. The third kappa shape index (κ3) is 2.99. The number of likely N-dealkylation sites (N-methyl/N-ethyl adjacent to an activating group) is 1. The standard InChI is InChI=1S/C10H20N2O/c1-9(8-11-2)12-7-5-3-4-6-10(12)13/h9,11H,3-8H2,1-2H3. The Morgan fingerprint density at radius 3 is 2.92 bits per heavy atom. The molecule has 1 unspecified atom stereocenters. The first-order chi connectivity index (χ1) is 6.25. The fourth-order valence-corrected chi connectivity index (χ4v) is 1.88. The summed E-state index contributed by atoms with van der Waals surface area (Å²) in [6, 6.07) is 0.343. The van der Waals surface area contributed by atoms with Crippen molar-refractivity contribution in [2.24, 2.45) is 0 Å². The molecule has 1 N–H and O–H groups in total. The van der Waals surface area contributed by atoms with Crippen molar-refractivity contribution in [1.82, 2.24) is 10.2 Å². The molecule has 1 amide bonds. The summed E-state index contributed by atoms with van der Waals surface area (Å²) in [5.74, 6) is 0.334. The highest BCUT2D eigenvalue weighted by atomic mass is 16.2. The van der Waals surface area contributed by atoms with Gasteiger partial charge < -0.3 is 10.2 Å². The maximum Gasteiger partial charge on any atom is 0.222 e. The van der Waals surface area contributed by atoms with E-state index in [1.54, 1.807) is 0 Å². The maximum atomic E-state index is 11.6. The molecule has 3 heteroatoms. The second-order valence-electron chi connectivity index (χ2n) is 3.80. The lowest BCUT2D eigenvalue weighted by molar-refractivity contribution is -0.132. The van der Waals surface area contributed by atoms with Gasteiger partial charge in [-0.1, -0.05) is 6.42 Å². The number of nitrogens with one attached hydrogen (secondary N) is 1. The molecule has 0 bridgehead atoms. The summed E-state index contributed by atoms with van der Waals surface area (Å²) in [6.45, 7) is 3.95. The van der Waals surface area contributed by atoms with E-state index in [9.17, 15) is 4.79 Å². The van der Waals surface area contributed by atoms with E-state index in [-0.39, 0.29) is 0 Å². The molecule has 13 heavy (non-hydrogen) atoms. The van der Waals surface area contributed by atoms with Crippen LogP contribution >= 0.6 is 0 Å². The van der Waals surface area contributed by atoms with Gasteiger partial charge in [-0.05, 0) is 26.8 Å². The average Bonchev–Trinajstić information content (AvgIpc) is 2.30. The first-order valence-electron chi connectivity index (χ1n) is 5.19. The first-order valence-corrected chi connectivity index (χ1v) is 5.19. The van der Waals surface area contributed by atoms with Gasteiger partial charge in [-0.3, -0.25) is 4.79 Å². The molecule has 0 spiro atoms. The highest BCUT2D eigenvalue weighted by Gasteiger charge is 2.20. The van der Waals surface area contributed by atoms with Crippen LogP contribution in [0.2, 0.25) is 0 Å². The molecule has 76 valence electrons. The third-order valence-corrected chi connectivity index (χ3v) is 2.64. The Kier molecular flexibility index (Phi) is 4.22. The second kappa shape index (κ2) is 5.22. The largest absolute Gasteiger partial charge is 0.339 e. The zero-order valence-corrected chi connectivity index (χ0v) is 8.68. The van der Waals surface area contributed by atoms with Crippen molar-refractivity contribution in [1.29, 1.82) is 0 Å². The summed E-state index contributed by atoms with van der Waals surface area (Å²) in [6.07, 6.45) is 4.18. The predicted molar refractivity (Wildman–Crippen MR) is 53.6 cm³/mol. The van der Waals surface area contributed by atoms with Crippen LogP contribution in [0.15, 0.2) is 0 Å². The van der Waals surface area contributed by atoms with Gasteiger partial charge in [-0.15, -0.1) is 0 Å². The quantitative estimate of drug-likeness (QED) is 0.709. The van der Waals surface area contributed by atoms with Crippen LogP contribution in [0.25, 0.3) is 0 Å². The normalized spacial score (nSPS) is 21.4. The highest BCUT2D eigenvalue weighted by molar-refractivity contribution is 5.76. The molecule has 1 fully saturated rings. The number of amides is 1. The summed E-state index contributed by atoms with van der Waals surface area (Å²) < 4.78 is 0. The smallest absolute Gasteiger partial charge is 0.222 e. The van der Waals surface area contributed by atoms with Crippen molar-refractivity contribution in [2.45, 2.75) is 38.6 Å². The first kappa shape index (κ1) is 10.5. The Bertz CT molecular complexity index is 170. The Labute approximate surface area is 80.5 Å². The van der Waals surface area contributed by atoms with Crippen LogP contribution in [-0.2, 0) is 4.79 Å². The monoisotopic (exact) mass is 184 g/mol. The van der Waals surface area contributed by atoms with Gasteiger partial charge in [0.2, 0.25) is 5.91 Å². The van der Waals surface area contributed by atoms with Crippen molar-refractivity contribution in [3.63, 3.8) is 0 Å². The summed E-state index contributed by atoms with van der Waals surface area (Å²) in [5, 5.41) is 3.11.